The predicted octanol–water partition coefficient (Wildman–Crippen LogP) is 2.88. The molecule has 0 radical (unpaired) electrons. The molecule has 1 fully saturated rings. The van der Waals surface area contributed by atoms with Gasteiger partial charge in [-0.15, -0.1) is 0 Å². The minimum Gasteiger partial charge on any atom is -0.311 e. The van der Waals surface area contributed by atoms with Gasteiger partial charge in [0.1, 0.15) is 0 Å². The molecule has 1 saturated heterocycles. The number of nitrogens with one attached hydrogen (secondary N) is 1. The van der Waals surface area contributed by atoms with Gasteiger partial charge in [-0.3, -0.25) is 4.90 Å². The average molecular weight is 252 g/mol. The molecular formula is C14H24N2S. The highest BCUT2D eigenvalue weighted by molar-refractivity contribution is 7.08. The summed E-state index contributed by atoms with van der Waals surface area (Å²) < 4.78 is 0. The van der Waals surface area contributed by atoms with Crippen molar-refractivity contribution in [3.05, 3.63) is 21.9 Å². The molecule has 17 heavy (non-hydrogen) atoms. The fourth-order valence-electron chi connectivity index (χ4n) is 2.32. The topological polar surface area (TPSA) is 15.3 Å². The minimum atomic E-state index is 0.350. The Labute approximate surface area is 109 Å². The molecule has 1 atom stereocenters. The monoisotopic (exact) mass is 252 g/mol. The summed E-state index contributed by atoms with van der Waals surface area (Å²) in [4.78, 5) is 2.58. The van der Waals surface area contributed by atoms with Crippen molar-refractivity contribution >= 4 is 11.3 Å². The fourth-order valence-corrected chi connectivity index (χ4v) is 3.17. The van der Waals surface area contributed by atoms with Gasteiger partial charge in [0.25, 0.3) is 0 Å². The van der Waals surface area contributed by atoms with Crippen LogP contribution in [0.15, 0.2) is 10.8 Å². The molecule has 1 unspecified atom stereocenters. The van der Waals surface area contributed by atoms with Crippen LogP contribution >= 0.6 is 11.3 Å². The van der Waals surface area contributed by atoms with Crippen LogP contribution in [0.25, 0.3) is 0 Å². The van der Waals surface area contributed by atoms with Crippen LogP contribution in [0.1, 0.15) is 31.9 Å². The molecule has 3 heteroatoms. The van der Waals surface area contributed by atoms with Crippen LogP contribution in [0.5, 0.6) is 0 Å². The van der Waals surface area contributed by atoms with E-state index in [0.717, 1.165) is 13.1 Å². The molecule has 2 rings (SSSR count). The van der Waals surface area contributed by atoms with Gasteiger partial charge in [-0.1, -0.05) is 20.8 Å². The Hall–Kier alpha value is -0.380. The maximum Gasteiger partial charge on any atom is 0.0245 e. The molecule has 1 aliphatic heterocycles. The lowest BCUT2D eigenvalue weighted by molar-refractivity contribution is 0.129. The van der Waals surface area contributed by atoms with E-state index in [1.165, 1.54) is 24.2 Å². The van der Waals surface area contributed by atoms with E-state index in [2.05, 4.69) is 48.7 Å². The van der Waals surface area contributed by atoms with E-state index >= 15 is 0 Å². The smallest absolute Gasteiger partial charge is 0.0245 e. The largest absolute Gasteiger partial charge is 0.311 e. The van der Waals surface area contributed by atoms with Gasteiger partial charge in [0.2, 0.25) is 0 Å². The van der Waals surface area contributed by atoms with Gasteiger partial charge in [0, 0.05) is 32.2 Å². The molecule has 1 aliphatic rings. The number of aryl methyl sites for hydroxylation is 1. The van der Waals surface area contributed by atoms with Crippen molar-refractivity contribution < 1.29 is 0 Å². The van der Waals surface area contributed by atoms with Crippen LogP contribution in [-0.2, 0) is 6.54 Å². The number of nitrogens with zero attached hydrogens (tertiary/aromatic N) is 1. The second-order valence-corrected chi connectivity index (χ2v) is 6.93. The van der Waals surface area contributed by atoms with Crippen LogP contribution < -0.4 is 5.32 Å². The van der Waals surface area contributed by atoms with Crippen LogP contribution in [0, 0.1) is 12.3 Å². The van der Waals surface area contributed by atoms with Crippen molar-refractivity contribution in [1.29, 1.82) is 0 Å². The molecule has 0 aromatic carbocycles. The van der Waals surface area contributed by atoms with E-state index < -0.39 is 0 Å². The van der Waals surface area contributed by atoms with Gasteiger partial charge in [-0.25, -0.2) is 0 Å². The lowest BCUT2D eigenvalue weighted by Crippen LogP contribution is -2.55. The molecule has 0 aliphatic carbocycles. The number of piperazine rings is 1. The molecule has 1 aromatic heterocycles. The Morgan fingerprint density at radius 2 is 2.18 bits per heavy atom. The third-order valence-corrected chi connectivity index (χ3v) is 4.57. The van der Waals surface area contributed by atoms with Gasteiger partial charge < -0.3 is 5.32 Å². The first-order valence-corrected chi connectivity index (χ1v) is 7.38. The first-order chi connectivity index (χ1) is 7.97. The summed E-state index contributed by atoms with van der Waals surface area (Å²) in [5, 5.41) is 8.19. The van der Waals surface area contributed by atoms with Crippen molar-refractivity contribution in [2.75, 3.05) is 19.6 Å². The van der Waals surface area contributed by atoms with Gasteiger partial charge in [0.15, 0.2) is 0 Å². The average Bonchev–Trinajstić information content (AvgIpc) is 2.64. The summed E-state index contributed by atoms with van der Waals surface area (Å²) in [5.41, 5.74) is 3.30. The molecule has 0 spiro atoms. The van der Waals surface area contributed by atoms with Gasteiger partial charge >= 0.3 is 0 Å². The van der Waals surface area contributed by atoms with Gasteiger partial charge in [0.05, 0.1) is 0 Å². The van der Waals surface area contributed by atoms with Gasteiger partial charge in [-0.2, -0.15) is 11.3 Å². The summed E-state index contributed by atoms with van der Waals surface area (Å²) in [6.07, 6.45) is 0. The SMILES string of the molecule is Cc1cscc1CN1CCNC(C(C)(C)C)C1. The van der Waals surface area contributed by atoms with Crippen molar-refractivity contribution in [1.82, 2.24) is 10.2 Å². The Balaban J connectivity index is 1.96. The molecule has 0 bridgehead atoms. The molecule has 2 nitrogen and oxygen atoms in total. The van der Waals surface area contributed by atoms with E-state index in [4.69, 9.17) is 0 Å². The third-order valence-electron chi connectivity index (χ3n) is 3.66. The van der Waals surface area contributed by atoms with E-state index in [-0.39, 0.29) is 0 Å². The lowest BCUT2D eigenvalue weighted by Gasteiger charge is -2.40. The van der Waals surface area contributed by atoms with Crippen LogP contribution in [-0.4, -0.2) is 30.6 Å². The maximum absolute atomic E-state index is 3.64. The molecule has 2 heterocycles. The standard InChI is InChI=1S/C14H24N2S/c1-11-9-17-10-12(11)7-16-6-5-15-13(8-16)14(2,3)4/h9-10,13,15H,5-8H2,1-4H3. The normalized spacial score (nSPS) is 22.9. The Morgan fingerprint density at radius 1 is 1.41 bits per heavy atom. The lowest BCUT2D eigenvalue weighted by atomic mass is 9.85. The summed E-state index contributed by atoms with van der Waals surface area (Å²) in [5.74, 6) is 0. The summed E-state index contributed by atoms with van der Waals surface area (Å²) >= 11 is 1.82. The van der Waals surface area contributed by atoms with Crippen LogP contribution in [0.2, 0.25) is 0 Å². The van der Waals surface area contributed by atoms with E-state index in [1.807, 2.05) is 11.3 Å². The quantitative estimate of drug-likeness (QED) is 0.870. The highest BCUT2D eigenvalue weighted by Crippen LogP contribution is 2.23. The van der Waals surface area contributed by atoms with Crippen molar-refractivity contribution in [3.63, 3.8) is 0 Å². The number of rotatable bonds is 2. The predicted molar refractivity (Wildman–Crippen MR) is 75.6 cm³/mol. The molecule has 1 N–H and O–H groups in total. The Morgan fingerprint density at radius 3 is 2.76 bits per heavy atom. The first-order valence-electron chi connectivity index (χ1n) is 6.44. The Kier molecular flexibility index (Phi) is 3.91. The zero-order valence-corrected chi connectivity index (χ0v) is 12.2. The number of thiophene rings is 1. The van der Waals surface area contributed by atoms with Gasteiger partial charge in [-0.05, 0) is 34.2 Å². The first kappa shape index (κ1) is 13.1. The van der Waals surface area contributed by atoms with E-state index in [1.54, 1.807) is 0 Å². The number of hydrogen-bond acceptors (Lipinski definition) is 3. The fraction of sp³-hybridized carbons (Fsp3) is 0.714. The zero-order valence-electron chi connectivity index (χ0n) is 11.4. The summed E-state index contributed by atoms with van der Waals surface area (Å²) in [7, 11) is 0. The number of hydrogen-bond donors (Lipinski definition) is 1. The highest BCUT2D eigenvalue weighted by Gasteiger charge is 2.29. The van der Waals surface area contributed by atoms with Crippen molar-refractivity contribution in [3.8, 4) is 0 Å². The van der Waals surface area contributed by atoms with Crippen molar-refractivity contribution in [2.45, 2.75) is 40.3 Å². The van der Waals surface area contributed by atoms with Crippen LogP contribution in [0.3, 0.4) is 0 Å². The minimum absolute atomic E-state index is 0.350. The zero-order chi connectivity index (χ0) is 12.5. The van der Waals surface area contributed by atoms with E-state index in [9.17, 15) is 0 Å². The summed E-state index contributed by atoms with van der Waals surface area (Å²) in [6.45, 7) is 13.8. The summed E-state index contributed by atoms with van der Waals surface area (Å²) in [6, 6.07) is 0.607. The maximum atomic E-state index is 3.64. The van der Waals surface area contributed by atoms with Crippen molar-refractivity contribution in [2.24, 2.45) is 5.41 Å². The molecule has 96 valence electrons. The molecule has 0 saturated carbocycles. The molecule has 1 aromatic rings. The van der Waals surface area contributed by atoms with Crippen LogP contribution in [0.4, 0.5) is 0 Å². The second kappa shape index (κ2) is 5.09. The molecule has 0 amide bonds. The molecular weight excluding hydrogens is 228 g/mol. The second-order valence-electron chi connectivity index (χ2n) is 6.19. The van der Waals surface area contributed by atoms with E-state index in [0.29, 0.717) is 11.5 Å². The third kappa shape index (κ3) is 3.30. The Bertz CT molecular complexity index is 365. The highest BCUT2D eigenvalue weighted by atomic mass is 32.1.